The van der Waals surface area contributed by atoms with Crippen LogP contribution in [0, 0.1) is 0 Å². The molecular weight excluding hydrogens is 387 g/mol. The number of thioether (sulfide) groups is 1. The molecule has 1 amide bonds. The molecule has 0 aliphatic heterocycles. The summed E-state index contributed by atoms with van der Waals surface area (Å²) in [5.74, 6) is 0.590. The number of benzene rings is 2. The maximum absolute atomic E-state index is 12.6. The van der Waals surface area contributed by atoms with Gasteiger partial charge in [0.25, 0.3) is 5.91 Å². The third-order valence-electron chi connectivity index (χ3n) is 3.75. The van der Waals surface area contributed by atoms with Crippen LogP contribution in [0.4, 0.5) is 5.69 Å². The van der Waals surface area contributed by atoms with Gasteiger partial charge in [0.2, 0.25) is 0 Å². The Hall–Kier alpha value is -2.01. The molecule has 1 heterocycles. The van der Waals surface area contributed by atoms with Crippen molar-refractivity contribution in [2.24, 2.45) is 0 Å². The molecule has 0 spiro atoms. The molecule has 132 valence electrons. The second kappa shape index (κ2) is 8.58. The molecule has 0 atom stereocenters. The second-order valence-electron chi connectivity index (χ2n) is 5.61. The normalized spacial score (nSPS) is 10.6. The van der Waals surface area contributed by atoms with Crippen molar-refractivity contribution in [1.29, 1.82) is 0 Å². The Kier molecular flexibility index (Phi) is 6.20. The van der Waals surface area contributed by atoms with Gasteiger partial charge in [-0.25, -0.2) is 0 Å². The van der Waals surface area contributed by atoms with E-state index in [2.05, 4.69) is 10.3 Å². The highest BCUT2D eigenvalue weighted by molar-refractivity contribution is 7.97. The Labute approximate surface area is 166 Å². The van der Waals surface area contributed by atoms with Crippen molar-refractivity contribution in [3.05, 3.63) is 82.0 Å². The highest BCUT2D eigenvalue weighted by Crippen LogP contribution is 2.30. The van der Waals surface area contributed by atoms with Crippen molar-refractivity contribution >= 4 is 46.6 Å². The fourth-order valence-corrected chi connectivity index (χ4v) is 3.54. The number of rotatable bonds is 5. The van der Waals surface area contributed by atoms with Crippen LogP contribution in [0.15, 0.2) is 60.8 Å². The van der Waals surface area contributed by atoms with Crippen molar-refractivity contribution < 1.29 is 4.79 Å². The van der Waals surface area contributed by atoms with Gasteiger partial charge in [0.1, 0.15) is 0 Å². The van der Waals surface area contributed by atoms with Gasteiger partial charge in [0.05, 0.1) is 21.3 Å². The number of carbonyl (C=O) groups excluding carboxylic acids is 1. The van der Waals surface area contributed by atoms with Crippen molar-refractivity contribution in [3.63, 3.8) is 0 Å². The third kappa shape index (κ3) is 4.39. The number of nitrogens with zero attached hydrogens (tertiary/aromatic N) is 1. The van der Waals surface area contributed by atoms with Crippen LogP contribution in [0.5, 0.6) is 0 Å². The highest BCUT2D eigenvalue weighted by atomic mass is 35.5. The molecule has 0 bridgehead atoms. The van der Waals surface area contributed by atoms with Gasteiger partial charge in [-0.1, -0.05) is 35.3 Å². The maximum atomic E-state index is 12.6. The van der Waals surface area contributed by atoms with E-state index in [-0.39, 0.29) is 5.91 Å². The van der Waals surface area contributed by atoms with Gasteiger partial charge in [-0.2, -0.15) is 11.8 Å². The average Bonchev–Trinajstić information content (AvgIpc) is 2.64. The van der Waals surface area contributed by atoms with E-state index in [0.29, 0.717) is 21.3 Å². The zero-order chi connectivity index (χ0) is 18.5. The fourth-order valence-electron chi connectivity index (χ4n) is 2.52. The van der Waals surface area contributed by atoms with Gasteiger partial charge >= 0.3 is 0 Å². The Morgan fingerprint density at radius 3 is 2.62 bits per heavy atom. The van der Waals surface area contributed by atoms with E-state index in [0.717, 1.165) is 22.6 Å². The molecule has 1 aromatic heterocycles. The Morgan fingerprint density at radius 1 is 1.08 bits per heavy atom. The summed E-state index contributed by atoms with van der Waals surface area (Å²) < 4.78 is 0. The largest absolute Gasteiger partial charge is 0.322 e. The summed E-state index contributed by atoms with van der Waals surface area (Å²) in [6, 6.07) is 16.4. The monoisotopic (exact) mass is 402 g/mol. The second-order valence-corrected chi connectivity index (χ2v) is 7.29. The first-order chi connectivity index (χ1) is 12.6. The lowest BCUT2D eigenvalue weighted by Crippen LogP contribution is -2.12. The van der Waals surface area contributed by atoms with Gasteiger partial charge < -0.3 is 5.32 Å². The van der Waals surface area contributed by atoms with E-state index in [4.69, 9.17) is 23.2 Å². The van der Waals surface area contributed by atoms with Gasteiger partial charge in [0, 0.05) is 23.2 Å². The quantitative estimate of drug-likeness (QED) is 0.554. The van der Waals surface area contributed by atoms with Crippen LogP contribution in [-0.4, -0.2) is 17.1 Å². The molecule has 0 radical (unpaired) electrons. The number of anilines is 1. The predicted molar refractivity (Wildman–Crippen MR) is 111 cm³/mol. The predicted octanol–water partition coefficient (Wildman–Crippen LogP) is 6.17. The lowest BCUT2D eigenvalue weighted by Gasteiger charge is -2.10. The summed E-state index contributed by atoms with van der Waals surface area (Å²) >= 11 is 14.3. The molecule has 1 N–H and O–H groups in total. The number of halogens is 2. The molecule has 3 nitrogen and oxygen atoms in total. The smallest absolute Gasteiger partial charge is 0.257 e. The standard InChI is InChI=1S/C20H16Cl2N2OS/c1-26-12-13-5-7-15(18(22)10-13)20(25)24-14-6-8-17(21)16(11-14)19-4-2-3-9-23-19/h2-11H,12H2,1H3,(H,24,25). The molecule has 26 heavy (non-hydrogen) atoms. The van der Waals surface area contributed by atoms with E-state index < -0.39 is 0 Å². The van der Waals surface area contributed by atoms with Gasteiger partial charge in [0.15, 0.2) is 0 Å². The molecule has 0 aliphatic rings. The van der Waals surface area contributed by atoms with Crippen molar-refractivity contribution in [2.45, 2.75) is 5.75 Å². The lowest BCUT2D eigenvalue weighted by molar-refractivity contribution is 0.102. The zero-order valence-corrected chi connectivity index (χ0v) is 16.3. The van der Waals surface area contributed by atoms with Crippen LogP contribution >= 0.6 is 35.0 Å². The lowest BCUT2D eigenvalue weighted by atomic mass is 10.1. The summed E-state index contributed by atoms with van der Waals surface area (Å²) in [4.78, 5) is 16.9. The number of hydrogen-bond donors (Lipinski definition) is 1. The van der Waals surface area contributed by atoms with Crippen LogP contribution < -0.4 is 5.32 Å². The fraction of sp³-hybridized carbons (Fsp3) is 0.100. The summed E-state index contributed by atoms with van der Waals surface area (Å²) in [6.45, 7) is 0. The third-order valence-corrected chi connectivity index (χ3v) is 5.02. The molecule has 3 rings (SSSR count). The molecule has 0 aliphatic carbocycles. The van der Waals surface area contributed by atoms with Gasteiger partial charge in [-0.05, 0) is 54.3 Å². The van der Waals surface area contributed by atoms with Crippen LogP contribution in [-0.2, 0) is 5.75 Å². The van der Waals surface area contributed by atoms with E-state index >= 15 is 0 Å². The van der Waals surface area contributed by atoms with Crippen molar-refractivity contribution in [2.75, 3.05) is 11.6 Å². The van der Waals surface area contributed by atoms with Crippen LogP contribution in [0.3, 0.4) is 0 Å². The van der Waals surface area contributed by atoms with Crippen LogP contribution in [0.25, 0.3) is 11.3 Å². The summed E-state index contributed by atoms with van der Waals surface area (Å²) in [5, 5.41) is 3.88. The molecular formula is C20H16Cl2N2OS. The molecule has 0 saturated carbocycles. The number of amides is 1. The van der Waals surface area contributed by atoms with Crippen LogP contribution in [0.2, 0.25) is 10.0 Å². The molecule has 0 unspecified atom stereocenters. The first-order valence-electron chi connectivity index (χ1n) is 7.88. The van der Waals surface area contributed by atoms with E-state index in [1.165, 1.54) is 0 Å². The summed E-state index contributed by atoms with van der Waals surface area (Å²) in [6.07, 6.45) is 3.72. The number of hydrogen-bond acceptors (Lipinski definition) is 3. The van der Waals surface area contributed by atoms with Crippen molar-refractivity contribution in [3.8, 4) is 11.3 Å². The summed E-state index contributed by atoms with van der Waals surface area (Å²) in [7, 11) is 0. The molecule has 0 saturated heterocycles. The number of pyridine rings is 1. The Bertz CT molecular complexity index is 932. The summed E-state index contributed by atoms with van der Waals surface area (Å²) in [5.41, 5.74) is 3.65. The number of carbonyl (C=O) groups is 1. The number of aromatic nitrogens is 1. The van der Waals surface area contributed by atoms with E-state index in [1.54, 1.807) is 42.2 Å². The van der Waals surface area contributed by atoms with Gasteiger partial charge in [-0.15, -0.1) is 0 Å². The minimum absolute atomic E-state index is 0.264. The molecule has 0 fully saturated rings. The van der Waals surface area contributed by atoms with Crippen LogP contribution in [0.1, 0.15) is 15.9 Å². The minimum atomic E-state index is -0.264. The highest BCUT2D eigenvalue weighted by Gasteiger charge is 2.13. The van der Waals surface area contributed by atoms with Crippen molar-refractivity contribution in [1.82, 2.24) is 4.98 Å². The molecule has 2 aromatic carbocycles. The van der Waals surface area contributed by atoms with E-state index in [9.17, 15) is 4.79 Å². The van der Waals surface area contributed by atoms with Gasteiger partial charge in [-0.3, -0.25) is 9.78 Å². The molecule has 6 heteroatoms. The number of nitrogens with one attached hydrogen (secondary N) is 1. The molecule has 3 aromatic rings. The zero-order valence-electron chi connectivity index (χ0n) is 14.0. The Morgan fingerprint density at radius 2 is 1.92 bits per heavy atom. The average molecular weight is 403 g/mol. The Balaban J connectivity index is 1.84. The maximum Gasteiger partial charge on any atom is 0.257 e. The first-order valence-corrected chi connectivity index (χ1v) is 10.0. The SMILES string of the molecule is CSCc1ccc(C(=O)Nc2ccc(Cl)c(-c3ccccn3)c2)c(Cl)c1. The topological polar surface area (TPSA) is 42.0 Å². The minimum Gasteiger partial charge on any atom is -0.322 e. The van der Waals surface area contributed by atoms with E-state index in [1.807, 2.05) is 36.6 Å². The first kappa shape index (κ1) is 18.8.